The first-order chi connectivity index (χ1) is 15.2. The summed E-state index contributed by atoms with van der Waals surface area (Å²) in [7, 11) is -3.62. The van der Waals surface area contributed by atoms with Crippen molar-refractivity contribution in [2.45, 2.75) is 17.2 Å². The summed E-state index contributed by atoms with van der Waals surface area (Å²) in [6, 6.07) is 22.4. The van der Waals surface area contributed by atoms with Gasteiger partial charge in [-0.2, -0.15) is 0 Å². The zero-order valence-electron chi connectivity index (χ0n) is 17.2. The highest BCUT2D eigenvalue weighted by Crippen LogP contribution is 2.30. The lowest BCUT2D eigenvalue weighted by atomic mass is 9.88. The molecule has 0 aromatic heterocycles. The molecule has 0 aliphatic heterocycles. The first-order valence-electron chi connectivity index (χ1n) is 9.77. The molecule has 166 valence electrons. The number of nitrogens with zero attached hydrogens (tertiary/aromatic N) is 1. The van der Waals surface area contributed by atoms with E-state index in [0.29, 0.717) is 11.4 Å². The fourth-order valence-corrected chi connectivity index (χ4v) is 4.37. The molecule has 8 nitrogen and oxygen atoms in total. The molecule has 0 fully saturated rings. The second-order valence-corrected chi connectivity index (χ2v) is 9.14. The van der Waals surface area contributed by atoms with Gasteiger partial charge in [-0.15, -0.1) is 0 Å². The van der Waals surface area contributed by atoms with Gasteiger partial charge in [-0.25, -0.2) is 13.4 Å². The van der Waals surface area contributed by atoms with E-state index in [1.165, 1.54) is 24.3 Å². The minimum Gasteiger partial charge on any atom is -0.481 e. The number of aliphatic imine (C=N–C) groups is 1. The Labute approximate surface area is 186 Å². The molecule has 0 amide bonds. The van der Waals surface area contributed by atoms with Crippen LogP contribution in [-0.2, 0) is 14.6 Å². The molecule has 0 bridgehead atoms. The summed E-state index contributed by atoms with van der Waals surface area (Å²) in [6.45, 7) is 0. The van der Waals surface area contributed by atoms with E-state index >= 15 is 0 Å². The van der Waals surface area contributed by atoms with Gasteiger partial charge in [0.25, 0.3) is 0 Å². The number of benzene rings is 3. The van der Waals surface area contributed by atoms with Crippen LogP contribution >= 0.6 is 0 Å². The topological polar surface area (TPSA) is 148 Å². The number of sulfone groups is 1. The zero-order valence-corrected chi connectivity index (χ0v) is 18.0. The average Bonchev–Trinajstić information content (AvgIpc) is 2.77. The largest absolute Gasteiger partial charge is 0.481 e. The van der Waals surface area contributed by atoms with Crippen molar-refractivity contribution in [1.82, 2.24) is 0 Å². The summed E-state index contributed by atoms with van der Waals surface area (Å²) in [5.41, 5.74) is 13.3. The Kier molecular flexibility index (Phi) is 7.11. The number of carboxylic acid groups (broad SMARTS) is 1. The second-order valence-electron chi connectivity index (χ2n) is 7.15. The molecule has 3 aromatic rings. The third-order valence-electron chi connectivity index (χ3n) is 4.79. The van der Waals surface area contributed by atoms with Crippen LogP contribution in [0.25, 0.3) is 0 Å². The smallest absolute Gasteiger partial charge is 0.304 e. The third-order valence-corrected chi connectivity index (χ3v) is 6.30. The number of hydrogen-bond acceptors (Lipinski definition) is 5. The predicted octanol–water partition coefficient (Wildman–Crippen LogP) is 3.04. The fraction of sp³-hybridized carbons (Fsp3) is 0.130. The lowest BCUT2D eigenvalue weighted by Crippen LogP contribution is -2.21. The molecule has 3 rings (SSSR count). The Morgan fingerprint density at radius 2 is 1.59 bits per heavy atom. The number of guanidine groups is 1. The highest BCUT2D eigenvalue weighted by molar-refractivity contribution is 7.91. The Bertz CT molecular complexity index is 1210. The van der Waals surface area contributed by atoms with E-state index in [1.54, 1.807) is 18.2 Å². The molecule has 1 unspecified atom stereocenters. The van der Waals surface area contributed by atoms with Gasteiger partial charge in [-0.05, 0) is 47.5 Å². The van der Waals surface area contributed by atoms with Crippen LogP contribution in [-0.4, -0.2) is 31.3 Å². The maximum absolute atomic E-state index is 12.7. The summed E-state index contributed by atoms with van der Waals surface area (Å²) < 4.78 is 25.4. The molecular formula is C23H24N4O4S. The summed E-state index contributed by atoms with van der Waals surface area (Å²) in [5, 5.41) is 12.3. The maximum Gasteiger partial charge on any atom is 0.304 e. The van der Waals surface area contributed by atoms with Gasteiger partial charge in [0, 0.05) is 11.6 Å². The van der Waals surface area contributed by atoms with Crippen molar-refractivity contribution in [1.29, 1.82) is 0 Å². The van der Waals surface area contributed by atoms with Gasteiger partial charge in [0.15, 0.2) is 15.8 Å². The van der Waals surface area contributed by atoms with E-state index in [2.05, 4.69) is 10.3 Å². The van der Waals surface area contributed by atoms with Gasteiger partial charge in [0.2, 0.25) is 0 Å². The van der Waals surface area contributed by atoms with Crippen molar-refractivity contribution in [2.24, 2.45) is 16.5 Å². The van der Waals surface area contributed by atoms with Crippen molar-refractivity contribution in [3.8, 4) is 0 Å². The van der Waals surface area contributed by atoms with Crippen LogP contribution in [0.1, 0.15) is 23.5 Å². The molecule has 0 saturated carbocycles. The highest BCUT2D eigenvalue weighted by Gasteiger charge is 2.19. The zero-order chi connectivity index (χ0) is 23.1. The first-order valence-corrected chi connectivity index (χ1v) is 11.4. The first kappa shape index (κ1) is 22.8. The standard InChI is InChI=1S/C23H24N4O4S/c24-23(25)27-18-9-11-20(12-10-18)32(30,31)15-26-19-8-4-7-17(13-19)21(14-22(28)29)16-5-2-1-3-6-16/h1-13,21,26H,14-15H2,(H,28,29)(H4,24,25,27). The summed E-state index contributed by atoms with van der Waals surface area (Å²) in [6.07, 6.45) is -0.0755. The minimum atomic E-state index is -3.62. The molecule has 0 heterocycles. The quantitative estimate of drug-likeness (QED) is 0.288. The van der Waals surface area contributed by atoms with Gasteiger partial charge in [0.05, 0.1) is 17.0 Å². The summed E-state index contributed by atoms with van der Waals surface area (Å²) >= 11 is 0. The van der Waals surface area contributed by atoms with Crippen molar-refractivity contribution in [2.75, 3.05) is 11.2 Å². The number of anilines is 1. The Morgan fingerprint density at radius 3 is 2.22 bits per heavy atom. The fourth-order valence-electron chi connectivity index (χ4n) is 3.29. The van der Waals surface area contributed by atoms with Crippen LogP contribution < -0.4 is 16.8 Å². The number of carbonyl (C=O) groups is 1. The predicted molar refractivity (Wildman–Crippen MR) is 125 cm³/mol. The van der Waals surface area contributed by atoms with Crippen LogP contribution in [0.5, 0.6) is 0 Å². The number of aliphatic carboxylic acids is 1. The van der Waals surface area contributed by atoms with Gasteiger partial charge in [0.1, 0.15) is 5.88 Å². The molecule has 9 heteroatoms. The van der Waals surface area contributed by atoms with E-state index in [9.17, 15) is 18.3 Å². The van der Waals surface area contributed by atoms with Crippen molar-refractivity contribution in [3.05, 3.63) is 90.0 Å². The number of carboxylic acids is 1. The van der Waals surface area contributed by atoms with E-state index in [0.717, 1.165) is 11.1 Å². The maximum atomic E-state index is 12.7. The van der Waals surface area contributed by atoms with Crippen LogP contribution in [0.3, 0.4) is 0 Å². The average molecular weight is 453 g/mol. The van der Waals surface area contributed by atoms with Crippen molar-refractivity contribution < 1.29 is 18.3 Å². The number of nitrogens with one attached hydrogen (secondary N) is 1. The minimum absolute atomic E-state index is 0.0755. The van der Waals surface area contributed by atoms with Crippen LogP contribution in [0.2, 0.25) is 0 Å². The molecule has 0 spiro atoms. The second kappa shape index (κ2) is 9.97. The molecule has 1 atom stereocenters. The Balaban J connectivity index is 1.78. The van der Waals surface area contributed by atoms with Gasteiger partial charge < -0.3 is 21.9 Å². The lowest BCUT2D eigenvalue weighted by Gasteiger charge is -2.17. The number of nitrogens with two attached hydrogens (primary N) is 2. The van der Waals surface area contributed by atoms with Crippen molar-refractivity contribution in [3.63, 3.8) is 0 Å². The van der Waals surface area contributed by atoms with E-state index in [4.69, 9.17) is 11.5 Å². The summed E-state index contributed by atoms with van der Waals surface area (Å²) in [5.74, 6) is -1.70. The molecular weight excluding hydrogens is 428 g/mol. The number of hydrogen-bond donors (Lipinski definition) is 4. The van der Waals surface area contributed by atoms with Crippen LogP contribution in [0.4, 0.5) is 11.4 Å². The molecule has 0 aliphatic rings. The molecule has 0 aliphatic carbocycles. The Hall–Kier alpha value is -3.85. The van der Waals surface area contributed by atoms with Gasteiger partial charge >= 0.3 is 5.97 Å². The van der Waals surface area contributed by atoms with Gasteiger partial charge in [-0.3, -0.25) is 4.79 Å². The number of rotatable bonds is 9. The van der Waals surface area contributed by atoms with Crippen molar-refractivity contribution >= 4 is 33.1 Å². The lowest BCUT2D eigenvalue weighted by molar-refractivity contribution is -0.137. The summed E-state index contributed by atoms with van der Waals surface area (Å²) in [4.78, 5) is 15.4. The van der Waals surface area contributed by atoms with E-state index < -0.39 is 15.8 Å². The third kappa shape index (κ3) is 6.08. The molecule has 0 radical (unpaired) electrons. The monoisotopic (exact) mass is 452 g/mol. The molecule has 0 saturated heterocycles. The molecule has 6 N–H and O–H groups in total. The van der Waals surface area contributed by atoms with Crippen LogP contribution in [0, 0.1) is 0 Å². The SMILES string of the molecule is NC(N)=Nc1ccc(S(=O)(=O)CNc2cccc(C(CC(=O)O)c3ccccc3)c2)cc1. The van der Waals surface area contributed by atoms with E-state index in [1.807, 2.05) is 36.4 Å². The van der Waals surface area contributed by atoms with E-state index in [-0.39, 0.29) is 29.1 Å². The molecule has 3 aromatic carbocycles. The van der Waals surface area contributed by atoms with Crippen LogP contribution in [0.15, 0.2) is 88.8 Å². The van der Waals surface area contributed by atoms with Gasteiger partial charge in [-0.1, -0.05) is 42.5 Å². The highest BCUT2D eigenvalue weighted by atomic mass is 32.2. The Morgan fingerprint density at radius 1 is 0.938 bits per heavy atom. The normalized spacial score (nSPS) is 12.0. The molecule has 32 heavy (non-hydrogen) atoms.